The molecule has 1 aliphatic heterocycles. The lowest BCUT2D eigenvalue weighted by atomic mass is 10.0. The smallest absolute Gasteiger partial charge is 0.307 e. The van der Waals surface area contributed by atoms with Gasteiger partial charge in [0.05, 0.1) is 35.2 Å². The van der Waals surface area contributed by atoms with Crippen LogP contribution in [0.4, 0.5) is 0 Å². The number of carboxylic acids is 1. The molecular weight excluding hydrogens is 701 g/mol. The number of aromatic nitrogens is 1. The summed E-state index contributed by atoms with van der Waals surface area (Å²) in [5.74, 6) is 0.261. The molecule has 3 unspecified atom stereocenters. The van der Waals surface area contributed by atoms with Gasteiger partial charge in [-0.1, -0.05) is 90.6 Å². The van der Waals surface area contributed by atoms with Gasteiger partial charge in [-0.15, -0.1) is 0 Å². The Hall–Kier alpha value is -3.58. The van der Waals surface area contributed by atoms with Crippen LogP contribution in [0.3, 0.4) is 0 Å². The van der Waals surface area contributed by atoms with Gasteiger partial charge in [0.25, 0.3) is 0 Å². The number of hydrogen-bond donors (Lipinski definition) is 2. The third-order valence-electron chi connectivity index (χ3n) is 9.42. The molecule has 3 aromatic carbocycles. The molecule has 51 heavy (non-hydrogen) atoms. The van der Waals surface area contributed by atoms with E-state index in [0.29, 0.717) is 36.8 Å². The Kier molecular flexibility index (Phi) is 11.2. The summed E-state index contributed by atoms with van der Waals surface area (Å²) in [5, 5.41) is 12.2. The van der Waals surface area contributed by atoms with Crippen LogP contribution in [0.1, 0.15) is 67.5 Å². The Balaban J connectivity index is 1.48. The standard InChI is InChI=1S/C39H50N2O7S2Si/c1-10-31(37(42)43)34-23-40-36(49-34)32-21-26-20-28(48-27-16-18-29(19-17-27)50(9,44)45)22-33(35(26)41-32)47-25(2)24-46-51(38(3,4)5,39(6,7)8)30-14-12-11-13-15-30/h11-22,25,31,34,41H,10,23-24H2,1-9H3,(H,42,43). The summed E-state index contributed by atoms with van der Waals surface area (Å²) in [6.07, 6.45) is 1.36. The van der Waals surface area contributed by atoms with Gasteiger partial charge in [0.2, 0.25) is 8.32 Å². The van der Waals surface area contributed by atoms with Gasteiger partial charge in [-0.3, -0.25) is 9.79 Å². The molecule has 0 aliphatic carbocycles. The normalized spacial score (nSPS) is 16.9. The average molecular weight is 751 g/mol. The first-order valence-corrected chi connectivity index (χ1v) is 22.0. The van der Waals surface area contributed by atoms with Crippen LogP contribution >= 0.6 is 11.8 Å². The molecule has 0 fully saturated rings. The van der Waals surface area contributed by atoms with Crippen LogP contribution in [0, 0.1) is 5.92 Å². The van der Waals surface area contributed by atoms with Crippen LogP contribution in [0.2, 0.25) is 10.1 Å². The Morgan fingerprint density at radius 3 is 2.22 bits per heavy atom. The van der Waals surface area contributed by atoms with Crippen molar-refractivity contribution >= 4 is 57.0 Å². The number of aliphatic carboxylic acids is 1. The van der Waals surface area contributed by atoms with E-state index in [1.807, 2.05) is 38.1 Å². The predicted molar refractivity (Wildman–Crippen MR) is 209 cm³/mol. The first kappa shape index (κ1) is 38.6. The molecule has 0 bridgehead atoms. The fourth-order valence-electron chi connectivity index (χ4n) is 7.36. The maximum Gasteiger partial charge on any atom is 0.307 e. The van der Waals surface area contributed by atoms with Crippen molar-refractivity contribution in [3.8, 4) is 17.2 Å². The molecule has 2 heterocycles. The van der Waals surface area contributed by atoms with E-state index < -0.39 is 30.0 Å². The molecule has 3 atom stereocenters. The third-order valence-corrected chi connectivity index (χ3v) is 17.9. The SMILES string of the molecule is CCC(C(=O)O)C1CN=C(c2cc3cc(Oc4ccc(S(C)(=O)=O)cc4)cc(OC(C)CO[Si](c4ccccc4)(C(C)(C)C)C(C)(C)C)c3[nH]2)S1. The Morgan fingerprint density at radius 2 is 1.65 bits per heavy atom. The van der Waals surface area contributed by atoms with Crippen molar-refractivity contribution < 1.29 is 32.2 Å². The number of rotatable bonds is 13. The zero-order valence-electron chi connectivity index (χ0n) is 30.9. The Morgan fingerprint density at radius 1 is 1.00 bits per heavy atom. The number of aromatic amines is 1. The lowest BCUT2D eigenvalue weighted by molar-refractivity contribution is -0.141. The molecule has 0 spiro atoms. The van der Waals surface area contributed by atoms with Crippen LogP contribution < -0.4 is 14.7 Å². The second-order valence-electron chi connectivity index (χ2n) is 15.4. The van der Waals surface area contributed by atoms with Gasteiger partial charge in [0.15, 0.2) is 9.84 Å². The molecule has 5 rings (SSSR count). The van der Waals surface area contributed by atoms with Gasteiger partial charge >= 0.3 is 5.97 Å². The number of sulfone groups is 1. The predicted octanol–water partition coefficient (Wildman–Crippen LogP) is 8.57. The van der Waals surface area contributed by atoms with Gasteiger partial charge in [0, 0.05) is 23.0 Å². The molecule has 9 nitrogen and oxygen atoms in total. The van der Waals surface area contributed by atoms with E-state index in [9.17, 15) is 18.3 Å². The summed E-state index contributed by atoms with van der Waals surface area (Å²) in [6, 6.07) is 22.6. The molecule has 2 N–H and O–H groups in total. The van der Waals surface area contributed by atoms with Crippen molar-refractivity contribution in [2.45, 2.75) is 88.1 Å². The Bertz CT molecular complexity index is 1980. The largest absolute Gasteiger partial charge is 0.486 e. The maximum absolute atomic E-state index is 12.0. The highest BCUT2D eigenvalue weighted by Gasteiger charge is 2.56. The number of H-pyrrole nitrogens is 1. The van der Waals surface area contributed by atoms with Crippen molar-refractivity contribution in [3.63, 3.8) is 0 Å². The summed E-state index contributed by atoms with van der Waals surface area (Å²) >= 11 is 1.48. The van der Waals surface area contributed by atoms with Crippen molar-refractivity contribution in [1.29, 1.82) is 0 Å². The minimum Gasteiger partial charge on any atom is -0.486 e. The number of hydrogen-bond acceptors (Lipinski definition) is 8. The van der Waals surface area contributed by atoms with E-state index in [1.165, 1.54) is 35.3 Å². The number of nitrogens with zero attached hydrogens (tertiary/aromatic N) is 1. The molecule has 0 amide bonds. The molecule has 274 valence electrons. The monoisotopic (exact) mass is 750 g/mol. The molecular formula is C39H50N2O7S2Si. The topological polar surface area (TPSA) is 127 Å². The van der Waals surface area contributed by atoms with Gasteiger partial charge < -0.3 is 24.0 Å². The molecule has 1 aliphatic rings. The third kappa shape index (κ3) is 8.24. The van der Waals surface area contributed by atoms with Gasteiger partial charge in [0.1, 0.15) is 28.4 Å². The van der Waals surface area contributed by atoms with Crippen molar-refractivity contribution in [1.82, 2.24) is 4.98 Å². The summed E-state index contributed by atoms with van der Waals surface area (Å²) in [7, 11) is -6.00. The quantitative estimate of drug-likeness (QED) is 0.130. The van der Waals surface area contributed by atoms with Gasteiger partial charge in [-0.2, -0.15) is 0 Å². The minimum atomic E-state index is -3.35. The maximum atomic E-state index is 12.0. The lowest BCUT2D eigenvalue weighted by Crippen LogP contribution is -2.64. The number of carbonyl (C=O) groups is 1. The number of ether oxygens (including phenoxy) is 2. The summed E-state index contributed by atoms with van der Waals surface area (Å²) in [6.45, 7) is 18.3. The van der Waals surface area contributed by atoms with Crippen molar-refractivity contribution in [2.24, 2.45) is 10.9 Å². The molecule has 4 aromatic rings. The Labute approximate surface area is 307 Å². The zero-order chi connectivity index (χ0) is 37.4. The van der Waals surface area contributed by atoms with Crippen LogP contribution in [0.5, 0.6) is 17.2 Å². The molecule has 0 saturated carbocycles. The number of aliphatic imine (C=N–C) groups is 1. The highest BCUT2D eigenvalue weighted by atomic mass is 32.2. The summed E-state index contributed by atoms with van der Waals surface area (Å²) in [5.41, 5.74) is 1.53. The van der Waals surface area contributed by atoms with Crippen LogP contribution in [-0.4, -0.2) is 68.6 Å². The van der Waals surface area contributed by atoms with E-state index in [2.05, 4.69) is 70.8 Å². The first-order chi connectivity index (χ1) is 23.8. The average Bonchev–Trinajstić information content (AvgIpc) is 3.69. The van der Waals surface area contributed by atoms with E-state index in [-0.39, 0.29) is 26.3 Å². The van der Waals surface area contributed by atoms with Gasteiger partial charge in [-0.25, -0.2) is 8.42 Å². The second-order valence-corrected chi connectivity index (χ2v) is 23.8. The van der Waals surface area contributed by atoms with Crippen molar-refractivity contribution in [2.75, 3.05) is 19.4 Å². The fraction of sp³-hybridized carbons (Fsp3) is 0.436. The highest BCUT2D eigenvalue weighted by Crippen LogP contribution is 2.51. The van der Waals surface area contributed by atoms with E-state index in [4.69, 9.17) is 18.9 Å². The van der Waals surface area contributed by atoms with Crippen LogP contribution in [0.15, 0.2) is 82.7 Å². The minimum absolute atomic E-state index is 0.122. The number of carboxylic acid groups (broad SMARTS) is 1. The van der Waals surface area contributed by atoms with E-state index >= 15 is 0 Å². The number of nitrogens with one attached hydrogen (secondary N) is 1. The molecule has 1 aromatic heterocycles. The number of fused-ring (bicyclic) bond motifs is 1. The first-order valence-electron chi connectivity index (χ1n) is 17.3. The van der Waals surface area contributed by atoms with Crippen molar-refractivity contribution in [3.05, 3.63) is 78.5 Å². The molecule has 12 heteroatoms. The number of benzene rings is 3. The highest BCUT2D eigenvalue weighted by molar-refractivity contribution is 8.15. The summed E-state index contributed by atoms with van der Waals surface area (Å²) in [4.78, 5) is 20.3. The van der Waals surface area contributed by atoms with Crippen LogP contribution in [-0.2, 0) is 19.1 Å². The van der Waals surface area contributed by atoms with E-state index in [1.54, 1.807) is 12.1 Å². The lowest BCUT2D eigenvalue weighted by Gasteiger charge is -2.51. The molecule has 0 saturated heterocycles. The second kappa shape index (κ2) is 14.8. The zero-order valence-corrected chi connectivity index (χ0v) is 33.6. The fourth-order valence-corrected chi connectivity index (χ4v) is 15.4. The van der Waals surface area contributed by atoms with E-state index in [0.717, 1.165) is 21.6 Å². The number of thioether (sulfide) groups is 1. The van der Waals surface area contributed by atoms with Gasteiger partial charge in [-0.05, 0) is 65.0 Å². The molecule has 0 radical (unpaired) electrons. The van der Waals surface area contributed by atoms with Crippen LogP contribution in [0.25, 0.3) is 10.9 Å². The summed E-state index contributed by atoms with van der Waals surface area (Å²) < 4.78 is 44.1.